The maximum absolute atomic E-state index is 4.79. The Balaban J connectivity index is 1.67. The van der Waals surface area contributed by atoms with E-state index in [0.717, 1.165) is 24.2 Å². The van der Waals surface area contributed by atoms with Crippen molar-refractivity contribution in [2.45, 2.75) is 37.8 Å². The lowest BCUT2D eigenvalue weighted by Gasteiger charge is -2.25. The highest BCUT2D eigenvalue weighted by Gasteiger charge is 2.23. The second kappa shape index (κ2) is 6.27. The summed E-state index contributed by atoms with van der Waals surface area (Å²) in [6.45, 7) is 0. The van der Waals surface area contributed by atoms with Gasteiger partial charge in [0.2, 0.25) is 0 Å². The number of hydrogen-bond acceptors (Lipinski definition) is 6. The predicted octanol–water partition coefficient (Wildman–Crippen LogP) is 2.51. The zero-order chi connectivity index (χ0) is 13.6. The lowest BCUT2D eigenvalue weighted by atomic mass is 9.91. The fraction of sp³-hybridized carbons (Fsp3) is 0.429. The molecule has 20 heavy (non-hydrogen) atoms. The summed E-state index contributed by atoms with van der Waals surface area (Å²) in [5.74, 6) is 0. The van der Waals surface area contributed by atoms with Gasteiger partial charge in [-0.3, -0.25) is 9.98 Å². The first-order valence-corrected chi connectivity index (χ1v) is 6.79. The van der Waals surface area contributed by atoms with E-state index in [9.17, 15) is 0 Å². The monoisotopic (exact) mass is 272 g/mol. The summed E-state index contributed by atoms with van der Waals surface area (Å²) < 4.78 is 9.58. The molecule has 2 heterocycles. The van der Waals surface area contributed by atoms with Gasteiger partial charge in [-0.1, -0.05) is 23.2 Å². The largest absolute Gasteiger partial charge is 0.364 e. The van der Waals surface area contributed by atoms with Gasteiger partial charge in [-0.25, -0.2) is 0 Å². The van der Waals surface area contributed by atoms with Crippen LogP contribution >= 0.6 is 0 Å². The van der Waals surface area contributed by atoms with Crippen molar-refractivity contribution in [2.75, 3.05) is 0 Å². The summed E-state index contributed by atoms with van der Waals surface area (Å²) in [6.07, 6.45) is 11.1. The third kappa shape index (κ3) is 3.20. The van der Waals surface area contributed by atoms with E-state index in [2.05, 4.69) is 20.3 Å². The van der Waals surface area contributed by atoms with Crippen LogP contribution in [-0.4, -0.2) is 34.8 Å². The van der Waals surface area contributed by atoms with E-state index in [-0.39, 0.29) is 12.1 Å². The number of aromatic nitrogens is 2. The van der Waals surface area contributed by atoms with Gasteiger partial charge in [-0.05, 0) is 12.8 Å². The summed E-state index contributed by atoms with van der Waals surface area (Å²) in [5, 5.41) is 7.65. The van der Waals surface area contributed by atoms with Crippen molar-refractivity contribution in [3.63, 3.8) is 0 Å². The van der Waals surface area contributed by atoms with E-state index in [1.165, 1.54) is 12.8 Å². The van der Waals surface area contributed by atoms with Gasteiger partial charge in [0, 0.05) is 12.1 Å². The fourth-order valence-corrected chi connectivity index (χ4v) is 2.36. The van der Waals surface area contributed by atoms with Crippen LogP contribution in [0.25, 0.3) is 0 Å². The minimum Gasteiger partial charge on any atom is -0.364 e. The molecule has 1 aliphatic rings. The smallest absolute Gasteiger partial charge is 0.124 e. The zero-order valence-corrected chi connectivity index (χ0v) is 11.1. The van der Waals surface area contributed by atoms with E-state index in [1.807, 2.05) is 0 Å². The van der Waals surface area contributed by atoms with Crippen LogP contribution in [0.1, 0.15) is 37.1 Å². The average molecular weight is 272 g/mol. The van der Waals surface area contributed by atoms with Gasteiger partial charge < -0.3 is 9.05 Å². The topological polar surface area (TPSA) is 76.8 Å². The molecule has 0 amide bonds. The molecule has 2 unspecified atom stereocenters. The van der Waals surface area contributed by atoms with Crippen molar-refractivity contribution in [3.05, 3.63) is 36.0 Å². The van der Waals surface area contributed by atoms with Crippen LogP contribution < -0.4 is 0 Å². The number of nitrogens with zero attached hydrogens (tertiary/aromatic N) is 4. The molecule has 0 bridgehead atoms. The quantitative estimate of drug-likeness (QED) is 0.801. The first kappa shape index (κ1) is 12.8. The molecule has 3 rings (SSSR count). The molecule has 0 N–H and O–H groups in total. The maximum atomic E-state index is 4.79. The molecule has 0 saturated heterocycles. The Morgan fingerprint density at radius 1 is 0.900 bits per heavy atom. The van der Waals surface area contributed by atoms with Gasteiger partial charge in [0.05, 0.1) is 24.5 Å². The Morgan fingerprint density at radius 2 is 1.40 bits per heavy atom. The van der Waals surface area contributed by atoms with Crippen LogP contribution in [-0.2, 0) is 0 Å². The highest BCUT2D eigenvalue weighted by Crippen LogP contribution is 2.23. The zero-order valence-electron chi connectivity index (χ0n) is 11.1. The van der Waals surface area contributed by atoms with Crippen LogP contribution in [0.3, 0.4) is 0 Å². The molecule has 6 nitrogen and oxygen atoms in total. The van der Waals surface area contributed by atoms with Gasteiger partial charge in [0.25, 0.3) is 0 Å². The molecule has 2 atom stereocenters. The third-order valence-electron chi connectivity index (χ3n) is 3.41. The first-order valence-electron chi connectivity index (χ1n) is 6.79. The predicted molar refractivity (Wildman–Crippen MR) is 74.2 cm³/mol. The standard InChI is InChI=1S/C14H16N4O2/c1-2-4-14(16-10-12-6-8-20-18-12)13(3-1)15-9-11-5-7-19-17-11/h5-10,13-14H,1-4H2/b15-9+,16-10+. The lowest BCUT2D eigenvalue weighted by molar-refractivity contribution is 0.389. The number of hydrogen-bond donors (Lipinski definition) is 0. The minimum absolute atomic E-state index is 0.198. The van der Waals surface area contributed by atoms with Crippen molar-refractivity contribution < 1.29 is 9.05 Å². The van der Waals surface area contributed by atoms with E-state index in [4.69, 9.17) is 9.05 Å². The van der Waals surface area contributed by atoms with Crippen LogP contribution in [0.15, 0.2) is 43.7 Å². The van der Waals surface area contributed by atoms with Crippen LogP contribution in [0.4, 0.5) is 0 Å². The summed E-state index contributed by atoms with van der Waals surface area (Å²) >= 11 is 0. The van der Waals surface area contributed by atoms with Crippen LogP contribution in [0.2, 0.25) is 0 Å². The second-order valence-corrected chi connectivity index (χ2v) is 4.82. The third-order valence-corrected chi connectivity index (χ3v) is 3.41. The van der Waals surface area contributed by atoms with Crippen LogP contribution in [0.5, 0.6) is 0 Å². The molecule has 1 aliphatic carbocycles. The van der Waals surface area contributed by atoms with E-state index in [1.54, 1.807) is 37.1 Å². The number of rotatable bonds is 4. The van der Waals surface area contributed by atoms with Gasteiger partial charge >= 0.3 is 0 Å². The molecule has 1 saturated carbocycles. The Kier molecular flexibility index (Phi) is 4.01. The Hall–Kier alpha value is -2.24. The summed E-state index contributed by atoms with van der Waals surface area (Å²) in [6, 6.07) is 3.98. The first-order chi connectivity index (χ1) is 9.92. The molecule has 0 radical (unpaired) electrons. The Morgan fingerprint density at radius 3 is 1.80 bits per heavy atom. The molecule has 0 aliphatic heterocycles. The van der Waals surface area contributed by atoms with Crippen molar-refractivity contribution in [3.8, 4) is 0 Å². The summed E-state index contributed by atoms with van der Waals surface area (Å²) in [7, 11) is 0. The van der Waals surface area contributed by atoms with Crippen molar-refractivity contribution in [2.24, 2.45) is 9.98 Å². The van der Waals surface area contributed by atoms with Crippen molar-refractivity contribution in [1.82, 2.24) is 10.3 Å². The van der Waals surface area contributed by atoms with Crippen LogP contribution in [0, 0.1) is 0 Å². The average Bonchev–Trinajstić information content (AvgIpc) is 3.17. The van der Waals surface area contributed by atoms with Crippen molar-refractivity contribution >= 4 is 12.4 Å². The number of aliphatic imine (C=N–C) groups is 2. The molecule has 0 aromatic carbocycles. The summed E-state index contributed by atoms with van der Waals surface area (Å²) in [5.41, 5.74) is 1.49. The molecule has 0 spiro atoms. The van der Waals surface area contributed by atoms with Gasteiger partial charge in [0.1, 0.15) is 23.9 Å². The van der Waals surface area contributed by atoms with E-state index < -0.39 is 0 Å². The van der Waals surface area contributed by atoms with Gasteiger partial charge in [0.15, 0.2) is 0 Å². The molecular weight excluding hydrogens is 256 g/mol. The van der Waals surface area contributed by atoms with Crippen molar-refractivity contribution in [1.29, 1.82) is 0 Å². The molecular formula is C14H16N4O2. The second-order valence-electron chi connectivity index (χ2n) is 4.82. The molecule has 1 fully saturated rings. The Bertz CT molecular complexity index is 508. The highest BCUT2D eigenvalue weighted by atomic mass is 16.5. The molecule has 2 aromatic rings. The van der Waals surface area contributed by atoms with Gasteiger partial charge in [-0.15, -0.1) is 0 Å². The van der Waals surface area contributed by atoms with Gasteiger partial charge in [-0.2, -0.15) is 0 Å². The molecule has 6 heteroatoms. The minimum atomic E-state index is 0.198. The Labute approximate surface area is 116 Å². The fourth-order valence-electron chi connectivity index (χ4n) is 2.36. The highest BCUT2D eigenvalue weighted by molar-refractivity contribution is 5.77. The lowest BCUT2D eigenvalue weighted by Crippen LogP contribution is -2.27. The summed E-state index contributed by atoms with van der Waals surface area (Å²) in [4.78, 5) is 9.20. The van der Waals surface area contributed by atoms with E-state index >= 15 is 0 Å². The molecule has 2 aromatic heterocycles. The SMILES string of the molecule is C(=N\C1CCCCC1/N=C/c1ccon1)/c1ccon1. The normalized spacial score (nSPS) is 23.8. The molecule has 104 valence electrons. The van der Waals surface area contributed by atoms with E-state index in [0.29, 0.717) is 0 Å². The maximum Gasteiger partial charge on any atom is 0.124 e.